The van der Waals surface area contributed by atoms with Gasteiger partial charge in [-0.25, -0.2) is 19.3 Å². The third-order valence-corrected chi connectivity index (χ3v) is 7.88. The number of nitrogens with two attached hydrogens (primary N) is 1. The van der Waals surface area contributed by atoms with Crippen LogP contribution in [0.15, 0.2) is 41.3 Å². The van der Waals surface area contributed by atoms with E-state index >= 15 is 0 Å². The molecule has 3 N–H and O–H groups in total. The van der Waals surface area contributed by atoms with E-state index in [0.717, 1.165) is 6.42 Å². The maximum absolute atomic E-state index is 14.5. The molecule has 0 bridgehead atoms. The second kappa shape index (κ2) is 7.95. The fourth-order valence-electron chi connectivity index (χ4n) is 5.48. The van der Waals surface area contributed by atoms with Gasteiger partial charge in [-0.05, 0) is 70.9 Å². The van der Waals surface area contributed by atoms with Crippen molar-refractivity contribution in [3.63, 3.8) is 0 Å². The number of aromatic nitrogens is 4. The number of amides is 2. The van der Waals surface area contributed by atoms with E-state index in [0.29, 0.717) is 44.3 Å². The number of piperidine rings is 1. The highest BCUT2D eigenvalue weighted by molar-refractivity contribution is 9.10. The summed E-state index contributed by atoms with van der Waals surface area (Å²) in [5.74, 6) is -0.216. The van der Waals surface area contributed by atoms with E-state index in [9.17, 15) is 14.0 Å². The van der Waals surface area contributed by atoms with E-state index in [-0.39, 0.29) is 41.5 Å². The number of rotatable bonds is 4. The Labute approximate surface area is 214 Å². The molecule has 1 unspecified atom stereocenters. The lowest BCUT2D eigenvalue weighted by molar-refractivity contribution is -0.138. The van der Waals surface area contributed by atoms with Gasteiger partial charge in [0, 0.05) is 11.4 Å². The molecule has 6 rings (SSSR count). The van der Waals surface area contributed by atoms with Crippen LogP contribution < -0.4 is 11.1 Å². The van der Waals surface area contributed by atoms with Gasteiger partial charge in [0.15, 0.2) is 0 Å². The topological polar surface area (TPSA) is 119 Å². The minimum absolute atomic E-state index is 0.0109. The number of likely N-dealkylation sites (tertiary alicyclic amines) is 1. The van der Waals surface area contributed by atoms with Crippen LogP contribution in [-0.4, -0.2) is 48.3 Å². The molecule has 9 nitrogen and oxygen atoms in total. The van der Waals surface area contributed by atoms with E-state index in [2.05, 4.69) is 43.1 Å². The first-order chi connectivity index (χ1) is 17.2. The lowest BCUT2D eigenvalue weighted by Gasteiger charge is -2.27. The van der Waals surface area contributed by atoms with Crippen LogP contribution in [0.5, 0.6) is 0 Å². The Morgan fingerprint density at radius 3 is 2.86 bits per heavy atom. The highest BCUT2D eigenvalue weighted by Crippen LogP contribution is 2.59. The van der Waals surface area contributed by atoms with Crippen molar-refractivity contribution in [3.05, 3.63) is 52.6 Å². The predicted molar refractivity (Wildman–Crippen MR) is 136 cm³/mol. The van der Waals surface area contributed by atoms with Crippen molar-refractivity contribution in [2.45, 2.75) is 45.3 Å². The molecule has 1 saturated carbocycles. The van der Waals surface area contributed by atoms with Gasteiger partial charge in [0.2, 0.25) is 11.8 Å². The monoisotopic (exact) mass is 551 g/mol. The van der Waals surface area contributed by atoms with Gasteiger partial charge in [0.1, 0.15) is 46.6 Å². The predicted octanol–water partition coefficient (Wildman–Crippen LogP) is 3.79. The smallest absolute Gasteiger partial charge is 0.248 e. The Kier molecular flexibility index (Phi) is 5.05. The van der Waals surface area contributed by atoms with Gasteiger partial charge >= 0.3 is 0 Å². The number of carbonyl (C=O) groups is 2. The second-order valence-corrected chi connectivity index (χ2v) is 10.7. The molecule has 0 radical (unpaired) electrons. The SMILES string of the molecule is Cc1cc2c(cc1F)c1c(N)ncnc1n2CC(=O)N1C2C[C@]2(C)C[C@H]1C(=O)Nc1cccc(Br)n1. The van der Waals surface area contributed by atoms with E-state index in [1.807, 2.05) is 0 Å². The average Bonchev–Trinajstić information content (AvgIpc) is 3.25. The summed E-state index contributed by atoms with van der Waals surface area (Å²) in [6.07, 6.45) is 2.76. The molecule has 4 aromatic rings. The van der Waals surface area contributed by atoms with E-state index in [1.54, 1.807) is 40.7 Å². The third-order valence-electron chi connectivity index (χ3n) is 7.43. The van der Waals surface area contributed by atoms with Crippen LogP contribution in [0.4, 0.5) is 16.0 Å². The van der Waals surface area contributed by atoms with Crippen LogP contribution in [0.1, 0.15) is 25.3 Å². The lowest BCUT2D eigenvalue weighted by atomic mass is 10.0. The molecule has 184 valence electrons. The molecule has 2 aliphatic rings. The second-order valence-electron chi connectivity index (χ2n) is 9.89. The first-order valence-corrected chi connectivity index (χ1v) is 12.4. The van der Waals surface area contributed by atoms with Crippen LogP contribution >= 0.6 is 15.9 Å². The lowest BCUT2D eigenvalue weighted by Crippen LogP contribution is -2.46. The molecule has 1 aromatic carbocycles. The zero-order valence-corrected chi connectivity index (χ0v) is 21.2. The Morgan fingerprint density at radius 1 is 1.28 bits per heavy atom. The van der Waals surface area contributed by atoms with E-state index in [1.165, 1.54) is 12.4 Å². The van der Waals surface area contributed by atoms with Crippen molar-refractivity contribution in [3.8, 4) is 0 Å². The molecule has 1 aliphatic carbocycles. The zero-order chi connectivity index (χ0) is 25.4. The number of carbonyl (C=O) groups excluding carboxylic acids is 2. The first kappa shape index (κ1) is 22.8. The standard InChI is InChI=1S/C25H23BrFN7O2/c1-12-6-15-13(7-14(12)27)21-22(28)29-11-30-23(21)33(15)10-20(35)34-16(8-25(2)9-17(25)34)24(36)32-19-5-3-4-18(26)31-19/h3-7,11,16-17H,8-10H2,1-2H3,(H2,28,29,30)(H,31,32,36)/t16-,17?,25-/m0/s1. The number of hydrogen-bond donors (Lipinski definition) is 2. The van der Waals surface area contributed by atoms with Gasteiger partial charge in [-0.3, -0.25) is 9.59 Å². The number of nitrogens with one attached hydrogen (secondary N) is 1. The number of anilines is 2. The summed E-state index contributed by atoms with van der Waals surface area (Å²) in [5, 5.41) is 3.90. The molecule has 0 spiro atoms. The summed E-state index contributed by atoms with van der Waals surface area (Å²) in [6.45, 7) is 3.70. The molecule has 3 atom stereocenters. The highest BCUT2D eigenvalue weighted by atomic mass is 79.9. The molecule has 36 heavy (non-hydrogen) atoms. The van der Waals surface area contributed by atoms with Crippen molar-refractivity contribution in [1.82, 2.24) is 24.4 Å². The van der Waals surface area contributed by atoms with Crippen molar-refractivity contribution in [2.24, 2.45) is 5.41 Å². The number of halogens is 2. The number of fused-ring (bicyclic) bond motifs is 4. The number of benzene rings is 1. The number of pyridine rings is 1. The van der Waals surface area contributed by atoms with Crippen molar-refractivity contribution in [2.75, 3.05) is 11.1 Å². The number of nitrogen functional groups attached to an aromatic ring is 1. The average molecular weight is 552 g/mol. The molecule has 3 aromatic heterocycles. The Morgan fingerprint density at radius 2 is 2.08 bits per heavy atom. The maximum atomic E-state index is 14.5. The van der Waals surface area contributed by atoms with Crippen LogP contribution in [-0.2, 0) is 16.1 Å². The minimum Gasteiger partial charge on any atom is -0.383 e. The van der Waals surface area contributed by atoms with Gasteiger partial charge in [-0.2, -0.15) is 0 Å². The fraction of sp³-hybridized carbons (Fsp3) is 0.320. The summed E-state index contributed by atoms with van der Waals surface area (Å²) in [5.41, 5.74) is 7.57. The molecule has 2 fully saturated rings. The van der Waals surface area contributed by atoms with Crippen LogP contribution in [0.25, 0.3) is 21.9 Å². The molecule has 4 heterocycles. The van der Waals surface area contributed by atoms with Crippen molar-refractivity contribution in [1.29, 1.82) is 0 Å². The quantitative estimate of drug-likeness (QED) is 0.372. The Bertz CT molecular complexity index is 1590. The third kappa shape index (κ3) is 3.52. The van der Waals surface area contributed by atoms with Crippen LogP contribution in [0.2, 0.25) is 0 Å². The van der Waals surface area contributed by atoms with E-state index < -0.39 is 6.04 Å². The van der Waals surface area contributed by atoms with E-state index in [4.69, 9.17) is 5.73 Å². The van der Waals surface area contributed by atoms with Crippen LogP contribution in [0.3, 0.4) is 0 Å². The molecular weight excluding hydrogens is 529 g/mol. The highest BCUT2D eigenvalue weighted by Gasteiger charge is 2.64. The first-order valence-electron chi connectivity index (χ1n) is 11.6. The molecular formula is C25H23BrFN7O2. The molecule has 1 aliphatic heterocycles. The van der Waals surface area contributed by atoms with Crippen molar-refractivity contribution < 1.29 is 14.0 Å². The van der Waals surface area contributed by atoms with Gasteiger partial charge in [0.05, 0.1) is 10.9 Å². The van der Waals surface area contributed by atoms with Gasteiger partial charge in [-0.15, -0.1) is 0 Å². The molecule has 2 amide bonds. The number of aryl methyl sites for hydroxylation is 1. The minimum atomic E-state index is -0.617. The molecule has 1 saturated heterocycles. The Hall–Kier alpha value is -3.60. The van der Waals surface area contributed by atoms with Gasteiger partial charge in [0.25, 0.3) is 0 Å². The van der Waals surface area contributed by atoms with Gasteiger partial charge < -0.3 is 20.5 Å². The van der Waals surface area contributed by atoms with Crippen LogP contribution in [0, 0.1) is 18.2 Å². The summed E-state index contributed by atoms with van der Waals surface area (Å²) < 4.78 is 16.8. The summed E-state index contributed by atoms with van der Waals surface area (Å²) >= 11 is 3.31. The van der Waals surface area contributed by atoms with Gasteiger partial charge in [-0.1, -0.05) is 13.0 Å². The Balaban J connectivity index is 1.36. The zero-order valence-electron chi connectivity index (χ0n) is 19.6. The molecule has 11 heteroatoms. The largest absolute Gasteiger partial charge is 0.383 e. The number of nitrogens with zero attached hydrogens (tertiary/aromatic N) is 5. The number of hydrogen-bond acceptors (Lipinski definition) is 6. The summed E-state index contributed by atoms with van der Waals surface area (Å²) in [4.78, 5) is 41.5. The van der Waals surface area contributed by atoms with Crippen molar-refractivity contribution >= 4 is 61.3 Å². The normalized spacial score (nSPS) is 22.7. The summed E-state index contributed by atoms with van der Waals surface area (Å²) in [6, 6.07) is 7.72. The maximum Gasteiger partial charge on any atom is 0.248 e. The fourth-order valence-corrected chi connectivity index (χ4v) is 5.82. The summed E-state index contributed by atoms with van der Waals surface area (Å²) in [7, 11) is 0.